The lowest BCUT2D eigenvalue weighted by Crippen LogP contribution is -2.38. The summed E-state index contributed by atoms with van der Waals surface area (Å²) in [5.74, 6) is -0.300. The van der Waals surface area contributed by atoms with E-state index in [1.165, 1.54) is 5.56 Å². The topological polar surface area (TPSA) is 71.4 Å². The molecule has 6 nitrogen and oxygen atoms in total. The van der Waals surface area contributed by atoms with Crippen LogP contribution in [0.3, 0.4) is 0 Å². The Bertz CT molecular complexity index is 1250. The Balaban J connectivity index is 1.36. The summed E-state index contributed by atoms with van der Waals surface area (Å²) in [5, 5.41) is 2.85. The van der Waals surface area contributed by atoms with Crippen LogP contribution in [0.1, 0.15) is 75.9 Å². The van der Waals surface area contributed by atoms with Gasteiger partial charge in [0.05, 0.1) is 0 Å². The second kappa shape index (κ2) is 10.3. The molecule has 2 amide bonds. The van der Waals surface area contributed by atoms with Crippen molar-refractivity contribution in [1.82, 2.24) is 14.8 Å². The maximum absolute atomic E-state index is 13.5. The van der Waals surface area contributed by atoms with Crippen molar-refractivity contribution in [2.45, 2.75) is 50.6 Å². The van der Waals surface area contributed by atoms with Gasteiger partial charge in [-0.2, -0.15) is 0 Å². The Hall–Kier alpha value is -3.67. The predicted octanol–water partition coefficient (Wildman–Crippen LogP) is 4.52. The van der Waals surface area contributed by atoms with E-state index in [1.807, 2.05) is 41.0 Å². The van der Waals surface area contributed by atoms with Crippen LogP contribution in [-0.2, 0) is 6.54 Å². The van der Waals surface area contributed by atoms with Crippen molar-refractivity contribution in [3.8, 4) is 0 Å². The molecule has 180 valence electrons. The van der Waals surface area contributed by atoms with Crippen LogP contribution in [0.15, 0.2) is 77.9 Å². The van der Waals surface area contributed by atoms with Crippen LogP contribution < -0.4 is 10.7 Å². The first-order valence-electron chi connectivity index (χ1n) is 12.5. The summed E-state index contributed by atoms with van der Waals surface area (Å²) in [6.45, 7) is 1.55. The van der Waals surface area contributed by atoms with Crippen LogP contribution in [0.5, 0.6) is 0 Å². The standard InChI is InChI=1S/C29H31N3O3/c33-27-25(28(34)30-18-21-8-3-1-4-9-21)19-32(24-13-14-24)20-26(27)29(35)31-16-7-12-23(15-17-31)22-10-5-2-6-11-22/h1-6,8-11,19-20,23-24H,7,12-18H2,(H,30,34)/t23-/m0/s1. The van der Waals surface area contributed by atoms with E-state index >= 15 is 0 Å². The molecule has 0 radical (unpaired) electrons. The first-order chi connectivity index (χ1) is 17.1. The normalized spacial score (nSPS) is 18.1. The molecular weight excluding hydrogens is 438 g/mol. The molecule has 2 aromatic carbocycles. The van der Waals surface area contributed by atoms with Crippen molar-refractivity contribution >= 4 is 11.8 Å². The van der Waals surface area contributed by atoms with Gasteiger partial charge in [0.15, 0.2) is 0 Å². The molecule has 1 aliphatic heterocycles. The number of pyridine rings is 1. The summed E-state index contributed by atoms with van der Waals surface area (Å²) in [6.07, 6.45) is 8.03. The highest BCUT2D eigenvalue weighted by atomic mass is 16.2. The van der Waals surface area contributed by atoms with Gasteiger partial charge in [-0.3, -0.25) is 14.4 Å². The molecule has 35 heavy (non-hydrogen) atoms. The molecule has 2 aliphatic rings. The Morgan fingerprint density at radius 2 is 1.51 bits per heavy atom. The molecule has 1 saturated carbocycles. The van der Waals surface area contributed by atoms with Crippen molar-refractivity contribution < 1.29 is 9.59 Å². The van der Waals surface area contributed by atoms with Gasteiger partial charge in [0.2, 0.25) is 5.43 Å². The molecule has 1 N–H and O–H groups in total. The zero-order valence-corrected chi connectivity index (χ0v) is 19.9. The second-order valence-electron chi connectivity index (χ2n) is 9.59. The lowest BCUT2D eigenvalue weighted by molar-refractivity contribution is 0.0759. The van der Waals surface area contributed by atoms with Crippen molar-refractivity contribution in [2.24, 2.45) is 0 Å². The van der Waals surface area contributed by atoms with E-state index < -0.39 is 11.3 Å². The van der Waals surface area contributed by atoms with Crippen molar-refractivity contribution in [2.75, 3.05) is 13.1 Å². The maximum Gasteiger partial charge on any atom is 0.259 e. The van der Waals surface area contributed by atoms with E-state index in [-0.39, 0.29) is 23.1 Å². The highest BCUT2D eigenvalue weighted by Crippen LogP contribution is 2.35. The quantitative estimate of drug-likeness (QED) is 0.577. The molecule has 2 heterocycles. The van der Waals surface area contributed by atoms with Gasteiger partial charge in [0.1, 0.15) is 11.1 Å². The van der Waals surface area contributed by atoms with Gasteiger partial charge in [0, 0.05) is 38.1 Å². The average molecular weight is 470 g/mol. The van der Waals surface area contributed by atoms with Gasteiger partial charge >= 0.3 is 0 Å². The Morgan fingerprint density at radius 1 is 0.829 bits per heavy atom. The number of benzene rings is 2. The van der Waals surface area contributed by atoms with Gasteiger partial charge < -0.3 is 14.8 Å². The summed E-state index contributed by atoms with van der Waals surface area (Å²) in [6, 6.07) is 20.2. The summed E-state index contributed by atoms with van der Waals surface area (Å²) in [4.78, 5) is 41.7. The lowest BCUT2D eigenvalue weighted by atomic mass is 9.92. The molecule has 0 unspecified atom stereocenters. The molecule has 1 aliphatic carbocycles. The molecule has 2 fully saturated rings. The largest absolute Gasteiger partial charge is 0.349 e. The number of amides is 2. The third-order valence-corrected chi connectivity index (χ3v) is 7.07. The first kappa shape index (κ1) is 23.1. The fourth-order valence-corrected chi connectivity index (χ4v) is 4.90. The molecule has 1 aromatic heterocycles. The van der Waals surface area contributed by atoms with Crippen molar-refractivity contribution in [1.29, 1.82) is 0 Å². The van der Waals surface area contributed by atoms with Crippen molar-refractivity contribution in [3.05, 3.63) is 106 Å². The fourth-order valence-electron chi connectivity index (χ4n) is 4.90. The zero-order chi connectivity index (χ0) is 24.2. The van der Waals surface area contributed by atoms with Crippen LogP contribution in [0.25, 0.3) is 0 Å². The summed E-state index contributed by atoms with van der Waals surface area (Å²) in [7, 11) is 0. The van der Waals surface area contributed by atoms with Gasteiger partial charge in [-0.15, -0.1) is 0 Å². The minimum absolute atomic E-state index is 0.0377. The van der Waals surface area contributed by atoms with Crippen LogP contribution in [0, 0.1) is 0 Å². The number of rotatable bonds is 6. The van der Waals surface area contributed by atoms with Crippen molar-refractivity contribution in [3.63, 3.8) is 0 Å². The number of hydrogen-bond acceptors (Lipinski definition) is 3. The SMILES string of the molecule is O=C(NCc1ccccc1)c1cn(C2CC2)cc(C(=O)N2CCC[C@H](c3ccccc3)CC2)c1=O. The summed E-state index contributed by atoms with van der Waals surface area (Å²) < 4.78 is 1.89. The number of aromatic nitrogens is 1. The van der Waals surface area contributed by atoms with E-state index in [9.17, 15) is 14.4 Å². The smallest absolute Gasteiger partial charge is 0.259 e. The molecule has 0 spiro atoms. The maximum atomic E-state index is 13.5. The number of carbonyl (C=O) groups excluding carboxylic acids is 2. The molecular formula is C29H31N3O3. The molecule has 6 heteroatoms. The fraction of sp³-hybridized carbons (Fsp3) is 0.345. The third-order valence-electron chi connectivity index (χ3n) is 7.07. The molecule has 1 atom stereocenters. The van der Waals surface area contributed by atoms with E-state index in [0.29, 0.717) is 25.6 Å². The number of likely N-dealkylation sites (tertiary alicyclic amines) is 1. The number of hydrogen-bond donors (Lipinski definition) is 1. The number of carbonyl (C=O) groups is 2. The predicted molar refractivity (Wildman–Crippen MR) is 136 cm³/mol. The molecule has 0 bridgehead atoms. The summed E-state index contributed by atoms with van der Waals surface area (Å²) >= 11 is 0. The molecule has 1 saturated heterocycles. The highest BCUT2D eigenvalue weighted by Gasteiger charge is 2.29. The Labute approximate surface area is 205 Å². The third kappa shape index (κ3) is 5.37. The highest BCUT2D eigenvalue weighted by molar-refractivity contribution is 5.99. The van der Waals surface area contributed by atoms with E-state index in [0.717, 1.165) is 37.7 Å². The van der Waals surface area contributed by atoms with E-state index in [2.05, 4.69) is 29.6 Å². The van der Waals surface area contributed by atoms with Gasteiger partial charge in [-0.1, -0.05) is 60.7 Å². The lowest BCUT2D eigenvalue weighted by Gasteiger charge is -2.21. The van der Waals surface area contributed by atoms with E-state index in [1.54, 1.807) is 17.3 Å². The monoisotopic (exact) mass is 469 g/mol. The second-order valence-corrected chi connectivity index (χ2v) is 9.59. The van der Waals surface area contributed by atoms with E-state index in [4.69, 9.17) is 0 Å². The Kier molecular flexibility index (Phi) is 6.80. The van der Waals surface area contributed by atoms with Crippen LogP contribution in [0.4, 0.5) is 0 Å². The van der Waals surface area contributed by atoms with Gasteiger partial charge in [-0.25, -0.2) is 0 Å². The first-order valence-corrected chi connectivity index (χ1v) is 12.5. The van der Waals surface area contributed by atoms with Crippen LogP contribution in [0.2, 0.25) is 0 Å². The number of nitrogens with one attached hydrogen (secondary N) is 1. The summed E-state index contributed by atoms with van der Waals surface area (Å²) in [5.41, 5.74) is 1.91. The van der Waals surface area contributed by atoms with Gasteiger partial charge in [-0.05, 0) is 49.1 Å². The minimum Gasteiger partial charge on any atom is -0.349 e. The molecule has 3 aromatic rings. The minimum atomic E-state index is -0.485. The zero-order valence-electron chi connectivity index (χ0n) is 19.9. The van der Waals surface area contributed by atoms with Gasteiger partial charge in [0.25, 0.3) is 11.8 Å². The number of nitrogens with zero attached hydrogens (tertiary/aromatic N) is 2. The Morgan fingerprint density at radius 3 is 2.23 bits per heavy atom. The molecule has 5 rings (SSSR count). The average Bonchev–Trinajstić information content (AvgIpc) is 3.76. The van der Waals surface area contributed by atoms with Crippen LogP contribution in [-0.4, -0.2) is 34.4 Å². The van der Waals surface area contributed by atoms with Crippen LogP contribution >= 0.6 is 0 Å².